The minimum atomic E-state index is -0.0962. The molecule has 0 aromatic heterocycles. The van der Waals surface area contributed by atoms with Crippen molar-refractivity contribution < 1.29 is 9.59 Å². The van der Waals surface area contributed by atoms with Gasteiger partial charge in [-0.3, -0.25) is 9.59 Å². The van der Waals surface area contributed by atoms with Gasteiger partial charge in [0.2, 0.25) is 5.91 Å². The fourth-order valence-corrected chi connectivity index (χ4v) is 4.75. The number of amides is 2. The number of hydrogen-bond donors (Lipinski definition) is 1. The summed E-state index contributed by atoms with van der Waals surface area (Å²) in [7, 11) is 0. The lowest BCUT2D eigenvalue weighted by Gasteiger charge is -2.24. The van der Waals surface area contributed by atoms with Crippen LogP contribution in [0.4, 0.5) is 0 Å². The molecule has 1 saturated heterocycles. The molecule has 3 aromatic rings. The highest BCUT2D eigenvalue weighted by atomic mass is 32.2. The third-order valence-corrected chi connectivity index (χ3v) is 6.58. The summed E-state index contributed by atoms with van der Waals surface area (Å²) in [6.07, 6.45) is 0. The average Bonchev–Trinajstić information content (AvgIpc) is 3.14. The van der Waals surface area contributed by atoms with Gasteiger partial charge in [-0.05, 0) is 41.3 Å². The molecule has 152 valence electrons. The molecule has 2 amide bonds. The molecule has 0 bridgehead atoms. The highest BCUT2D eigenvalue weighted by Gasteiger charge is 2.32. The standard InChI is InChI=1S/C25H24N2O2S/c1-18-7-5-6-10-22(18)15-26-24(29)20-11-13-21(14-12-20)25-27(23(28)17-30-25)16-19-8-3-2-4-9-19/h2-14,25H,15-17H2,1H3,(H,26,29)/t25-/m0/s1. The molecule has 1 aliphatic heterocycles. The number of aryl methyl sites for hydroxylation is 1. The normalized spacial score (nSPS) is 16.0. The lowest BCUT2D eigenvalue weighted by atomic mass is 10.1. The molecule has 1 atom stereocenters. The van der Waals surface area contributed by atoms with Gasteiger partial charge in [0.15, 0.2) is 0 Å². The first kappa shape index (κ1) is 20.2. The summed E-state index contributed by atoms with van der Waals surface area (Å²) in [5.41, 5.74) is 5.05. The first-order valence-electron chi connectivity index (χ1n) is 9.99. The predicted octanol–water partition coefficient (Wildman–Crippen LogP) is 4.70. The second kappa shape index (κ2) is 9.18. The van der Waals surface area contributed by atoms with Gasteiger partial charge in [-0.15, -0.1) is 11.8 Å². The van der Waals surface area contributed by atoms with Gasteiger partial charge in [-0.1, -0.05) is 66.7 Å². The van der Waals surface area contributed by atoms with Crippen LogP contribution >= 0.6 is 11.8 Å². The zero-order chi connectivity index (χ0) is 20.9. The van der Waals surface area contributed by atoms with Crippen LogP contribution in [0.2, 0.25) is 0 Å². The summed E-state index contributed by atoms with van der Waals surface area (Å²) in [6, 6.07) is 25.6. The van der Waals surface area contributed by atoms with E-state index < -0.39 is 0 Å². The highest BCUT2D eigenvalue weighted by Crippen LogP contribution is 2.39. The van der Waals surface area contributed by atoms with Crippen LogP contribution in [0.25, 0.3) is 0 Å². The van der Waals surface area contributed by atoms with Gasteiger partial charge < -0.3 is 10.2 Å². The molecule has 0 aliphatic carbocycles. The summed E-state index contributed by atoms with van der Waals surface area (Å²) in [5.74, 6) is 0.533. The Bertz CT molecular complexity index is 1030. The molecule has 0 spiro atoms. The maximum absolute atomic E-state index is 12.5. The molecule has 1 aliphatic rings. The number of nitrogens with zero attached hydrogens (tertiary/aromatic N) is 1. The van der Waals surface area contributed by atoms with Gasteiger partial charge in [-0.25, -0.2) is 0 Å². The smallest absolute Gasteiger partial charge is 0.251 e. The molecular formula is C25H24N2O2S. The SMILES string of the molecule is Cc1ccccc1CNC(=O)c1ccc([C@@H]2SCC(=O)N2Cc2ccccc2)cc1. The van der Waals surface area contributed by atoms with Gasteiger partial charge in [0, 0.05) is 18.7 Å². The number of hydrogen-bond acceptors (Lipinski definition) is 3. The molecule has 1 N–H and O–H groups in total. The fourth-order valence-electron chi connectivity index (χ4n) is 3.57. The van der Waals surface area contributed by atoms with Crippen molar-refractivity contribution in [3.8, 4) is 0 Å². The molecular weight excluding hydrogens is 392 g/mol. The zero-order valence-corrected chi connectivity index (χ0v) is 17.7. The van der Waals surface area contributed by atoms with E-state index in [0.717, 1.165) is 22.3 Å². The number of carbonyl (C=O) groups is 2. The number of thioether (sulfide) groups is 1. The van der Waals surface area contributed by atoms with Crippen molar-refractivity contribution in [2.75, 3.05) is 5.75 Å². The minimum absolute atomic E-state index is 0.0261. The topological polar surface area (TPSA) is 49.4 Å². The number of nitrogens with one attached hydrogen (secondary N) is 1. The van der Waals surface area contributed by atoms with E-state index in [1.807, 2.05) is 90.7 Å². The number of rotatable bonds is 6. The van der Waals surface area contributed by atoms with Gasteiger partial charge in [0.1, 0.15) is 5.37 Å². The lowest BCUT2D eigenvalue weighted by Crippen LogP contribution is -2.27. The van der Waals surface area contributed by atoms with Crippen molar-refractivity contribution in [2.24, 2.45) is 0 Å². The monoisotopic (exact) mass is 416 g/mol. The van der Waals surface area contributed by atoms with Gasteiger partial charge in [-0.2, -0.15) is 0 Å². The molecule has 5 heteroatoms. The van der Waals surface area contributed by atoms with Crippen LogP contribution in [0.3, 0.4) is 0 Å². The van der Waals surface area contributed by atoms with Crippen LogP contribution in [0, 0.1) is 6.92 Å². The maximum Gasteiger partial charge on any atom is 0.251 e. The Morgan fingerprint density at radius 2 is 1.70 bits per heavy atom. The van der Waals surface area contributed by atoms with E-state index in [2.05, 4.69) is 5.32 Å². The Kier molecular flexibility index (Phi) is 6.19. The molecule has 30 heavy (non-hydrogen) atoms. The van der Waals surface area contributed by atoms with Crippen molar-refractivity contribution >= 4 is 23.6 Å². The summed E-state index contributed by atoms with van der Waals surface area (Å²) < 4.78 is 0. The molecule has 0 saturated carbocycles. The maximum atomic E-state index is 12.5. The van der Waals surface area contributed by atoms with Crippen molar-refractivity contribution in [1.82, 2.24) is 10.2 Å². The van der Waals surface area contributed by atoms with E-state index in [9.17, 15) is 9.59 Å². The van der Waals surface area contributed by atoms with Gasteiger partial charge in [0.25, 0.3) is 5.91 Å². The van der Waals surface area contributed by atoms with Crippen LogP contribution in [0.1, 0.15) is 38.0 Å². The Morgan fingerprint density at radius 3 is 2.43 bits per heavy atom. The summed E-state index contributed by atoms with van der Waals surface area (Å²) in [4.78, 5) is 26.9. The predicted molar refractivity (Wildman–Crippen MR) is 121 cm³/mol. The van der Waals surface area contributed by atoms with Crippen LogP contribution < -0.4 is 5.32 Å². The second-order valence-electron chi connectivity index (χ2n) is 7.40. The first-order valence-corrected chi connectivity index (χ1v) is 11.0. The Balaban J connectivity index is 1.42. The third-order valence-electron chi connectivity index (χ3n) is 5.32. The van der Waals surface area contributed by atoms with E-state index >= 15 is 0 Å². The first-order chi connectivity index (χ1) is 14.6. The quantitative estimate of drug-likeness (QED) is 0.634. The summed E-state index contributed by atoms with van der Waals surface area (Å²) in [6.45, 7) is 3.14. The molecule has 1 heterocycles. The molecule has 1 fully saturated rings. The fraction of sp³-hybridized carbons (Fsp3) is 0.200. The minimum Gasteiger partial charge on any atom is -0.348 e. The van der Waals surface area contributed by atoms with Gasteiger partial charge >= 0.3 is 0 Å². The average molecular weight is 417 g/mol. The van der Waals surface area contributed by atoms with Crippen LogP contribution in [0.15, 0.2) is 78.9 Å². The molecule has 0 unspecified atom stereocenters. The number of benzene rings is 3. The van der Waals surface area contributed by atoms with Crippen molar-refractivity contribution in [1.29, 1.82) is 0 Å². The molecule has 0 radical (unpaired) electrons. The summed E-state index contributed by atoms with van der Waals surface area (Å²) in [5, 5.41) is 2.96. The van der Waals surface area contributed by atoms with E-state index in [1.165, 1.54) is 0 Å². The van der Waals surface area contributed by atoms with Gasteiger partial charge in [0.05, 0.1) is 5.75 Å². The lowest BCUT2D eigenvalue weighted by molar-refractivity contribution is -0.128. The molecule has 4 rings (SSSR count). The Morgan fingerprint density at radius 1 is 1.00 bits per heavy atom. The number of carbonyl (C=O) groups excluding carboxylic acids is 2. The van der Waals surface area contributed by atoms with Crippen LogP contribution in [0.5, 0.6) is 0 Å². The van der Waals surface area contributed by atoms with Crippen molar-refractivity contribution in [2.45, 2.75) is 25.4 Å². The van der Waals surface area contributed by atoms with Crippen LogP contribution in [-0.2, 0) is 17.9 Å². The molecule has 4 nitrogen and oxygen atoms in total. The van der Waals surface area contributed by atoms with E-state index in [0.29, 0.717) is 24.4 Å². The largest absolute Gasteiger partial charge is 0.348 e. The van der Waals surface area contributed by atoms with E-state index in [-0.39, 0.29) is 17.2 Å². The molecule has 3 aromatic carbocycles. The van der Waals surface area contributed by atoms with E-state index in [4.69, 9.17) is 0 Å². The van der Waals surface area contributed by atoms with Crippen LogP contribution in [-0.4, -0.2) is 22.5 Å². The third kappa shape index (κ3) is 4.57. The highest BCUT2D eigenvalue weighted by molar-refractivity contribution is 8.00. The zero-order valence-electron chi connectivity index (χ0n) is 16.9. The Labute approximate surface area is 181 Å². The summed E-state index contributed by atoms with van der Waals surface area (Å²) >= 11 is 1.63. The van der Waals surface area contributed by atoms with E-state index in [1.54, 1.807) is 11.8 Å². The van der Waals surface area contributed by atoms with Crippen molar-refractivity contribution in [3.05, 3.63) is 107 Å². The Hall–Kier alpha value is -3.05. The van der Waals surface area contributed by atoms with Crippen molar-refractivity contribution in [3.63, 3.8) is 0 Å². The second-order valence-corrected chi connectivity index (χ2v) is 8.47.